The number of carbonyl (C=O) groups excluding carboxylic acids is 5. The number of esters is 2. The van der Waals surface area contributed by atoms with Crippen molar-refractivity contribution < 1.29 is 57.2 Å². The average molecular weight is 722 g/mol. The van der Waals surface area contributed by atoms with Gasteiger partial charge in [-0.15, -0.1) is 0 Å². The summed E-state index contributed by atoms with van der Waals surface area (Å²) in [5.41, 5.74) is -7.56. The predicted octanol–water partition coefficient (Wildman–Crippen LogP) is 5.07. The van der Waals surface area contributed by atoms with E-state index in [1.807, 2.05) is 13.8 Å². The molecule has 0 aromatic rings. The summed E-state index contributed by atoms with van der Waals surface area (Å²) in [5.74, 6) is -7.79. The van der Waals surface area contributed by atoms with Gasteiger partial charge in [0.2, 0.25) is 11.7 Å². The maximum atomic E-state index is 17.7. The summed E-state index contributed by atoms with van der Waals surface area (Å²) in [4.78, 5) is 77.0. The van der Waals surface area contributed by atoms with E-state index in [2.05, 4.69) is 5.32 Å². The van der Waals surface area contributed by atoms with Crippen molar-refractivity contribution in [3.63, 3.8) is 0 Å². The standard InChI is InChI=1S/C38H53F2NO10/c1-6-8-10-11-12-31(45)41-28(34(48)49)19-33(47)50-21-30(44)38(51-32(46)13-9-7-2)22(3)16-24-25-18-27(39)26-17-23(42)14-15-35(26,4)37(25,40)29(43)20-36(24,38)5/h14-15,17,22,24-25,27-29,43H,6-13,16,18-21H2,1-5H3,(H,41,45)(H,48,49). The number of ketones is 2. The highest BCUT2D eigenvalue weighted by molar-refractivity contribution is 6.01. The summed E-state index contributed by atoms with van der Waals surface area (Å²) in [6, 6.07) is -1.60. The lowest BCUT2D eigenvalue weighted by molar-refractivity contribution is -0.232. The van der Waals surface area contributed by atoms with Gasteiger partial charge < -0.3 is 25.0 Å². The molecule has 284 valence electrons. The number of ether oxygens (including phenoxy) is 2. The zero-order valence-corrected chi connectivity index (χ0v) is 30.3. The first-order chi connectivity index (χ1) is 23.9. The number of nitrogens with one attached hydrogen (secondary N) is 1. The van der Waals surface area contributed by atoms with E-state index >= 15 is 8.78 Å². The van der Waals surface area contributed by atoms with Crippen LogP contribution in [0.5, 0.6) is 0 Å². The zero-order chi connectivity index (χ0) is 37.9. The molecular weight excluding hydrogens is 668 g/mol. The number of carbonyl (C=O) groups is 6. The molecule has 0 spiro atoms. The molecule has 0 aliphatic heterocycles. The number of unbranched alkanes of at least 4 members (excludes halogenated alkanes) is 4. The molecule has 0 radical (unpaired) electrons. The topological polar surface area (TPSA) is 173 Å². The van der Waals surface area contributed by atoms with E-state index in [1.165, 1.54) is 19.1 Å². The minimum Gasteiger partial charge on any atom is -0.480 e. The number of carboxylic acid groups (broad SMARTS) is 1. The number of allylic oxidation sites excluding steroid dienone is 4. The summed E-state index contributed by atoms with van der Waals surface area (Å²) < 4.78 is 45.1. The Labute approximate surface area is 298 Å². The number of carboxylic acids is 1. The second-order valence-electron chi connectivity index (χ2n) is 15.4. The number of alkyl halides is 2. The maximum Gasteiger partial charge on any atom is 0.326 e. The Morgan fingerprint density at radius 2 is 1.69 bits per heavy atom. The maximum absolute atomic E-state index is 17.7. The van der Waals surface area contributed by atoms with Crippen molar-refractivity contribution in [3.8, 4) is 0 Å². The number of hydrogen-bond donors (Lipinski definition) is 3. The van der Waals surface area contributed by atoms with Crippen LogP contribution < -0.4 is 5.32 Å². The van der Waals surface area contributed by atoms with Crippen LogP contribution in [0.4, 0.5) is 8.78 Å². The molecule has 4 aliphatic carbocycles. The molecule has 51 heavy (non-hydrogen) atoms. The minimum atomic E-state index is -2.42. The summed E-state index contributed by atoms with van der Waals surface area (Å²) in [6.07, 6.45) is 3.11. The van der Waals surface area contributed by atoms with Crippen LogP contribution >= 0.6 is 0 Å². The normalized spacial score (nSPS) is 35.8. The highest BCUT2D eigenvalue weighted by Gasteiger charge is 2.78. The molecule has 0 bridgehead atoms. The fourth-order valence-electron chi connectivity index (χ4n) is 9.60. The van der Waals surface area contributed by atoms with Crippen molar-refractivity contribution in [1.82, 2.24) is 5.32 Å². The molecule has 0 aromatic carbocycles. The highest BCUT2D eigenvalue weighted by atomic mass is 19.1. The van der Waals surface area contributed by atoms with Crippen molar-refractivity contribution >= 4 is 35.4 Å². The first-order valence-corrected chi connectivity index (χ1v) is 18.3. The lowest BCUT2D eigenvalue weighted by atomic mass is 9.44. The third-order valence-corrected chi connectivity index (χ3v) is 12.2. The Kier molecular flexibility index (Phi) is 12.4. The van der Waals surface area contributed by atoms with Crippen molar-refractivity contribution in [3.05, 3.63) is 23.8 Å². The number of hydrogen-bond acceptors (Lipinski definition) is 9. The molecule has 11 nitrogen and oxygen atoms in total. The SMILES string of the molecule is CCCCCCC(=O)NC(CC(=O)OCC(=O)C1(OC(=O)CCCC)C(C)CC2C3CC(F)C4=CC(=O)C=CC4(C)C3(F)C(O)CC21C)C(=O)O. The lowest BCUT2D eigenvalue weighted by Crippen LogP contribution is -2.71. The molecule has 0 heterocycles. The van der Waals surface area contributed by atoms with Crippen LogP contribution in [0.25, 0.3) is 0 Å². The van der Waals surface area contributed by atoms with Gasteiger partial charge in [-0.2, -0.15) is 0 Å². The van der Waals surface area contributed by atoms with E-state index in [-0.39, 0.29) is 37.7 Å². The molecular formula is C38H53F2NO10. The summed E-state index contributed by atoms with van der Waals surface area (Å²) in [5, 5.41) is 23.7. The van der Waals surface area contributed by atoms with E-state index < -0.39 is 107 Å². The lowest BCUT2D eigenvalue weighted by Gasteiger charge is -2.63. The van der Waals surface area contributed by atoms with Crippen molar-refractivity contribution in [2.24, 2.45) is 28.6 Å². The third-order valence-electron chi connectivity index (χ3n) is 12.2. The second kappa shape index (κ2) is 15.6. The van der Waals surface area contributed by atoms with Gasteiger partial charge in [-0.05, 0) is 62.7 Å². The van der Waals surface area contributed by atoms with Gasteiger partial charge >= 0.3 is 17.9 Å². The van der Waals surface area contributed by atoms with Crippen LogP contribution in [-0.4, -0.2) is 81.8 Å². The van der Waals surface area contributed by atoms with Crippen LogP contribution in [0.3, 0.4) is 0 Å². The Morgan fingerprint density at radius 1 is 1.00 bits per heavy atom. The van der Waals surface area contributed by atoms with Crippen molar-refractivity contribution in [2.45, 2.75) is 141 Å². The van der Waals surface area contributed by atoms with Gasteiger partial charge in [-0.25, -0.2) is 13.6 Å². The van der Waals surface area contributed by atoms with Crippen LogP contribution in [0.1, 0.15) is 112 Å². The monoisotopic (exact) mass is 721 g/mol. The first-order valence-electron chi connectivity index (χ1n) is 18.3. The number of aliphatic hydroxyl groups excluding tert-OH is 1. The molecule has 3 saturated carbocycles. The summed E-state index contributed by atoms with van der Waals surface area (Å²) in [7, 11) is 0. The average Bonchev–Trinajstić information content (AvgIpc) is 3.28. The van der Waals surface area contributed by atoms with Crippen LogP contribution in [0.2, 0.25) is 0 Å². The molecule has 3 fully saturated rings. The van der Waals surface area contributed by atoms with Gasteiger partial charge in [0.25, 0.3) is 0 Å². The molecule has 3 N–H and O–H groups in total. The summed E-state index contributed by atoms with van der Waals surface area (Å²) >= 11 is 0. The number of aliphatic hydroxyl groups is 1. The zero-order valence-electron chi connectivity index (χ0n) is 30.3. The smallest absolute Gasteiger partial charge is 0.326 e. The van der Waals surface area contributed by atoms with E-state index in [0.29, 0.717) is 19.3 Å². The Bertz CT molecular complexity index is 1460. The molecule has 4 rings (SSSR count). The van der Waals surface area contributed by atoms with Crippen molar-refractivity contribution in [1.29, 1.82) is 0 Å². The number of halogens is 2. The van der Waals surface area contributed by atoms with Crippen molar-refractivity contribution in [2.75, 3.05) is 6.61 Å². The molecule has 1 amide bonds. The number of Topliss-reactive ketones (excluding diaryl/α,β-unsaturated/α-hetero) is 1. The molecule has 10 unspecified atom stereocenters. The van der Waals surface area contributed by atoms with Gasteiger partial charge in [0.1, 0.15) is 12.2 Å². The van der Waals surface area contributed by atoms with Gasteiger partial charge in [0, 0.05) is 35.5 Å². The van der Waals surface area contributed by atoms with Gasteiger partial charge in [0.15, 0.2) is 23.7 Å². The highest BCUT2D eigenvalue weighted by Crippen LogP contribution is 2.71. The predicted molar refractivity (Wildman–Crippen MR) is 180 cm³/mol. The minimum absolute atomic E-state index is 0.0339. The first kappa shape index (κ1) is 40.3. The molecule has 0 saturated heterocycles. The number of rotatable bonds is 16. The second-order valence-corrected chi connectivity index (χ2v) is 15.4. The van der Waals surface area contributed by atoms with Crippen LogP contribution in [0, 0.1) is 28.6 Å². The van der Waals surface area contributed by atoms with Gasteiger partial charge in [-0.3, -0.25) is 24.0 Å². The molecule has 0 aromatic heterocycles. The number of amides is 1. The van der Waals surface area contributed by atoms with E-state index in [4.69, 9.17) is 9.47 Å². The van der Waals surface area contributed by atoms with E-state index in [1.54, 1.807) is 13.8 Å². The third kappa shape index (κ3) is 7.15. The van der Waals surface area contributed by atoms with Gasteiger partial charge in [0.05, 0.1) is 12.5 Å². The Hall–Kier alpha value is -3.48. The van der Waals surface area contributed by atoms with Crippen LogP contribution in [-0.2, 0) is 38.2 Å². The Balaban J connectivity index is 1.61. The summed E-state index contributed by atoms with van der Waals surface area (Å²) in [6.45, 7) is 7.69. The largest absolute Gasteiger partial charge is 0.480 e. The fourth-order valence-corrected chi connectivity index (χ4v) is 9.60. The molecule has 10 atom stereocenters. The Morgan fingerprint density at radius 3 is 2.33 bits per heavy atom. The number of aliphatic carboxylic acids is 1. The molecule has 13 heteroatoms. The van der Waals surface area contributed by atoms with Gasteiger partial charge in [-0.1, -0.05) is 59.5 Å². The van der Waals surface area contributed by atoms with Crippen LogP contribution in [0.15, 0.2) is 23.8 Å². The van der Waals surface area contributed by atoms with E-state index in [0.717, 1.165) is 25.3 Å². The van der Waals surface area contributed by atoms with E-state index in [9.17, 15) is 39.0 Å². The quantitative estimate of drug-likeness (QED) is 0.144. The molecule has 4 aliphatic rings. The number of fused-ring (bicyclic) bond motifs is 5. The fraction of sp³-hybridized carbons (Fsp3) is 0.737.